The quantitative estimate of drug-likeness (QED) is 0.785. The summed E-state index contributed by atoms with van der Waals surface area (Å²) in [7, 11) is 4.47. The van der Waals surface area contributed by atoms with E-state index < -0.39 is 5.97 Å². The fourth-order valence-electron chi connectivity index (χ4n) is 2.36. The summed E-state index contributed by atoms with van der Waals surface area (Å²) in [5.74, 6) is 1.26. The molecular weight excluding hydrogens is 310 g/mol. The summed E-state index contributed by atoms with van der Waals surface area (Å²) in [6.07, 6.45) is 0. The van der Waals surface area contributed by atoms with E-state index in [1.165, 1.54) is 7.11 Å². The van der Waals surface area contributed by atoms with Gasteiger partial charge in [0.1, 0.15) is 12.4 Å². The second-order valence-corrected chi connectivity index (χ2v) is 4.92. The number of carbonyl (C=O) groups excluding carboxylic acids is 1. The van der Waals surface area contributed by atoms with Crippen molar-refractivity contribution < 1.29 is 23.7 Å². The summed E-state index contributed by atoms with van der Waals surface area (Å²) in [5, 5.41) is 0. The highest BCUT2D eigenvalue weighted by molar-refractivity contribution is 5.92. The summed E-state index contributed by atoms with van der Waals surface area (Å²) in [6, 6.07) is 10.7. The van der Waals surface area contributed by atoms with Crippen molar-refractivity contribution in [2.45, 2.75) is 0 Å². The third-order valence-electron chi connectivity index (χ3n) is 3.43. The molecule has 2 rings (SSSR count). The van der Waals surface area contributed by atoms with Crippen molar-refractivity contribution in [2.24, 2.45) is 5.73 Å². The van der Waals surface area contributed by atoms with E-state index >= 15 is 0 Å². The van der Waals surface area contributed by atoms with Crippen LogP contribution >= 0.6 is 0 Å². The Balaban J connectivity index is 2.58. The van der Waals surface area contributed by atoms with E-state index in [-0.39, 0.29) is 0 Å². The molecule has 0 aliphatic rings. The van der Waals surface area contributed by atoms with Crippen molar-refractivity contribution in [3.8, 4) is 28.4 Å². The van der Waals surface area contributed by atoms with Crippen LogP contribution in [0.4, 0.5) is 0 Å². The molecule has 128 valence electrons. The SMILES string of the molecule is COC(=O)c1cc(OCCN)cc(-c2cccc(OC)c2OC)c1. The Morgan fingerprint density at radius 3 is 2.50 bits per heavy atom. The van der Waals surface area contributed by atoms with Gasteiger partial charge >= 0.3 is 5.97 Å². The van der Waals surface area contributed by atoms with Crippen molar-refractivity contribution in [2.75, 3.05) is 34.5 Å². The maximum atomic E-state index is 11.9. The molecular formula is C18H21NO5. The minimum atomic E-state index is -0.448. The van der Waals surface area contributed by atoms with Gasteiger partial charge in [0.25, 0.3) is 0 Å². The fourth-order valence-corrected chi connectivity index (χ4v) is 2.36. The van der Waals surface area contributed by atoms with Gasteiger partial charge in [0, 0.05) is 12.1 Å². The first-order valence-electron chi connectivity index (χ1n) is 7.42. The number of ether oxygens (including phenoxy) is 4. The third-order valence-corrected chi connectivity index (χ3v) is 3.43. The minimum absolute atomic E-state index is 0.347. The van der Waals surface area contributed by atoms with Gasteiger partial charge in [-0.25, -0.2) is 4.79 Å². The first-order chi connectivity index (χ1) is 11.6. The zero-order valence-corrected chi connectivity index (χ0v) is 14.0. The van der Waals surface area contributed by atoms with Crippen molar-refractivity contribution in [1.82, 2.24) is 0 Å². The summed E-state index contributed by atoms with van der Waals surface area (Å²) >= 11 is 0. The first-order valence-corrected chi connectivity index (χ1v) is 7.42. The molecule has 0 aliphatic carbocycles. The zero-order valence-electron chi connectivity index (χ0n) is 14.0. The molecule has 0 saturated carbocycles. The lowest BCUT2D eigenvalue weighted by molar-refractivity contribution is 0.0600. The molecule has 2 aromatic carbocycles. The maximum Gasteiger partial charge on any atom is 0.338 e. The van der Waals surface area contributed by atoms with Gasteiger partial charge in [-0.3, -0.25) is 0 Å². The van der Waals surface area contributed by atoms with Crippen LogP contribution in [0, 0.1) is 0 Å². The summed E-state index contributed by atoms with van der Waals surface area (Å²) in [4.78, 5) is 11.9. The number of benzene rings is 2. The standard InChI is InChI=1S/C18H21NO5/c1-21-16-6-4-5-15(17(16)22-2)12-9-13(18(20)23-3)11-14(10-12)24-8-7-19/h4-6,9-11H,7-8,19H2,1-3H3. The number of methoxy groups -OCH3 is 3. The third kappa shape index (κ3) is 3.78. The molecule has 0 atom stereocenters. The number of hydrogen-bond donors (Lipinski definition) is 1. The molecule has 0 amide bonds. The summed E-state index contributed by atoms with van der Waals surface area (Å²) < 4.78 is 21.2. The van der Waals surface area contributed by atoms with Crippen LogP contribution in [0.5, 0.6) is 17.2 Å². The molecule has 0 aromatic heterocycles. The van der Waals surface area contributed by atoms with E-state index in [0.29, 0.717) is 36.0 Å². The van der Waals surface area contributed by atoms with E-state index in [1.807, 2.05) is 18.2 Å². The largest absolute Gasteiger partial charge is 0.493 e. The normalized spacial score (nSPS) is 10.2. The van der Waals surface area contributed by atoms with Crippen LogP contribution in [0.1, 0.15) is 10.4 Å². The number of carbonyl (C=O) groups is 1. The Kier molecular flexibility index (Phi) is 6.03. The highest BCUT2D eigenvalue weighted by Gasteiger charge is 2.16. The van der Waals surface area contributed by atoms with E-state index in [0.717, 1.165) is 11.1 Å². The van der Waals surface area contributed by atoms with E-state index in [9.17, 15) is 4.79 Å². The molecule has 2 N–H and O–H groups in total. The van der Waals surface area contributed by atoms with E-state index in [1.54, 1.807) is 32.4 Å². The minimum Gasteiger partial charge on any atom is -0.493 e. The van der Waals surface area contributed by atoms with Crippen molar-refractivity contribution >= 4 is 5.97 Å². The summed E-state index contributed by atoms with van der Waals surface area (Å²) in [5.41, 5.74) is 7.39. The molecule has 0 saturated heterocycles. The van der Waals surface area contributed by atoms with Crippen molar-refractivity contribution in [3.63, 3.8) is 0 Å². The number of hydrogen-bond acceptors (Lipinski definition) is 6. The monoisotopic (exact) mass is 331 g/mol. The Labute approximate surface area is 141 Å². The van der Waals surface area contributed by atoms with Crippen LogP contribution in [-0.2, 0) is 4.74 Å². The Morgan fingerprint density at radius 2 is 1.88 bits per heavy atom. The highest BCUT2D eigenvalue weighted by Crippen LogP contribution is 2.39. The van der Waals surface area contributed by atoms with Gasteiger partial charge in [-0.1, -0.05) is 12.1 Å². The lowest BCUT2D eigenvalue weighted by Crippen LogP contribution is -2.11. The highest BCUT2D eigenvalue weighted by atomic mass is 16.5. The van der Waals surface area contributed by atoms with Crippen molar-refractivity contribution in [1.29, 1.82) is 0 Å². The molecule has 2 aromatic rings. The van der Waals surface area contributed by atoms with Gasteiger partial charge in [0.15, 0.2) is 11.5 Å². The number of rotatable bonds is 7. The van der Waals surface area contributed by atoms with Gasteiger partial charge in [-0.05, 0) is 29.8 Å². The average Bonchev–Trinajstić information content (AvgIpc) is 2.64. The lowest BCUT2D eigenvalue weighted by Gasteiger charge is -2.15. The van der Waals surface area contributed by atoms with Crippen LogP contribution in [-0.4, -0.2) is 40.5 Å². The molecule has 0 radical (unpaired) electrons. The second kappa shape index (κ2) is 8.21. The number of para-hydroxylation sites is 1. The van der Waals surface area contributed by atoms with E-state index in [4.69, 9.17) is 24.7 Å². The van der Waals surface area contributed by atoms with Gasteiger partial charge < -0.3 is 24.7 Å². The molecule has 0 spiro atoms. The van der Waals surface area contributed by atoms with Gasteiger partial charge in [-0.15, -0.1) is 0 Å². The van der Waals surface area contributed by atoms with Crippen LogP contribution in [0.2, 0.25) is 0 Å². The molecule has 6 heteroatoms. The predicted molar refractivity (Wildman–Crippen MR) is 90.9 cm³/mol. The lowest BCUT2D eigenvalue weighted by atomic mass is 10.0. The maximum absolute atomic E-state index is 11.9. The molecule has 0 fully saturated rings. The van der Waals surface area contributed by atoms with Crippen LogP contribution in [0.15, 0.2) is 36.4 Å². The smallest absolute Gasteiger partial charge is 0.338 e. The van der Waals surface area contributed by atoms with Crippen LogP contribution in [0.25, 0.3) is 11.1 Å². The molecule has 0 aliphatic heterocycles. The van der Waals surface area contributed by atoms with Crippen molar-refractivity contribution in [3.05, 3.63) is 42.0 Å². The Morgan fingerprint density at radius 1 is 1.08 bits per heavy atom. The molecule has 0 bridgehead atoms. The number of nitrogens with two attached hydrogens (primary N) is 1. The van der Waals surface area contributed by atoms with Gasteiger partial charge in [0.2, 0.25) is 0 Å². The van der Waals surface area contributed by atoms with Crippen LogP contribution < -0.4 is 19.9 Å². The van der Waals surface area contributed by atoms with Gasteiger partial charge in [-0.2, -0.15) is 0 Å². The molecule has 0 unspecified atom stereocenters. The Hall–Kier alpha value is -2.73. The van der Waals surface area contributed by atoms with Gasteiger partial charge in [0.05, 0.1) is 26.9 Å². The number of esters is 1. The summed E-state index contributed by atoms with van der Waals surface area (Å²) in [6.45, 7) is 0.722. The van der Waals surface area contributed by atoms with Crippen LogP contribution in [0.3, 0.4) is 0 Å². The second-order valence-electron chi connectivity index (χ2n) is 4.92. The van der Waals surface area contributed by atoms with E-state index in [2.05, 4.69) is 0 Å². The Bertz CT molecular complexity index is 715. The molecule has 24 heavy (non-hydrogen) atoms. The predicted octanol–water partition coefficient (Wildman–Crippen LogP) is 2.49. The zero-order chi connectivity index (χ0) is 17.5. The topological polar surface area (TPSA) is 80.0 Å². The first kappa shape index (κ1) is 17.6. The average molecular weight is 331 g/mol. The fraction of sp³-hybridized carbons (Fsp3) is 0.278. The molecule has 0 heterocycles. The molecule has 6 nitrogen and oxygen atoms in total.